The minimum absolute atomic E-state index is 0.257. The number of hydrogen-bond acceptors (Lipinski definition) is 7. The number of alkyl carbamates (subject to hydrolysis) is 1. The number of rotatable bonds is 11. The summed E-state index contributed by atoms with van der Waals surface area (Å²) in [4.78, 5) is 58.6. The van der Waals surface area contributed by atoms with Crippen molar-refractivity contribution < 1.29 is 33.8 Å². The van der Waals surface area contributed by atoms with Crippen LogP contribution in [0.1, 0.15) is 26.3 Å². The van der Waals surface area contributed by atoms with Crippen LogP contribution in [0, 0.1) is 0 Å². The summed E-state index contributed by atoms with van der Waals surface area (Å²) < 4.78 is 5.00. The summed E-state index contributed by atoms with van der Waals surface area (Å²) >= 11 is 0. The summed E-state index contributed by atoms with van der Waals surface area (Å²) in [5.41, 5.74) is 0.0502. The fraction of sp³-hybridized carbons (Fsp3) is 0.476. The zero-order valence-electron chi connectivity index (χ0n) is 18.3. The topological polar surface area (TPSA) is 163 Å². The summed E-state index contributed by atoms with van der Waals surface area (Å²) in [5, 5.41) is 18.4. The quantitative estimate of drug-likeness (QED) is 0.287. The predicted octanol–water partition coefficient (Wildman–Crippen LogP) is -1.06. The van der Waals surface area contributed by atoms with Gasteiger partial charge in [-0.1, -0.05) is 30.3 Å². The molecule has 0 fully saturated rings. The lowest BCUT2D eigenvalue weighted by molar-refractivity contribution is -0.128. The van der Waals surface area contributed by atoms with Crippen molar-refractivity contribution in [3.05, 3.63) is 35.9 Å². The highest BCUT2D eigenvalue weighted by atomic mass is 16.6. The number of aliphatic hydroxyl groups excluding tert-OH is 1. The highest BCUT2D eigenvalue weighted by Crippen LogP contribution is 2.06. The third-order valence-corrected chi connectivity index (χ3v) is 3.82. The molecule has 1 radical (unpaired) electrons. The van der Waals surface area contributed by atoms with Crippen LogP contribution in [-0.2, 0) is 30.3 Å². The van der Waals surface area contributed by atoms with Gasteiger partial charge in [0, 0.05) is 6.42 Å². The SMILES string of the molecule is CC(C)(C)OC(=O)N[C@@H](CO)C(=O)NCC(=O)NCC(=O)N[C@H]([C]=O)Cc1ccccc1. The van der Waals surface area contributed by atoms with E-state index >= 15 is 0 Å². The van der Waals surface area contributed by atoms with Gasteiger partial charge in [-0.25, -0.2) is 4.79 Å². The first-order valence-corrected chi connectivity index (χ1v) is 9.89. The standard InChI is InChI=1S/C21H29N4O7/c1-21(2,3)32-20(31)25-16(13-27)19(30)23-10-17(28)22-11-18(29)24-15(12-26)9-14-7-5-4-6-8-14/h4-8,15-16,27H,9-11,13H2,1-3H3,(H,22,28)(H,23,30)(H,24,29)(H,25,31)/t15-,16-/m0/s1. The van der Waals surface area contributed by atoms with Gasteiger partial charge in [0.15, 0.2) is 0 Å². The van der Waals surface area contributed by atoms with Crippen LogP contribution in [-0.4, -0.2) is 72.6 Å². The number of nitrogens with one attached hydrogen (secondary N) is 4. The number of carbonyl (C=O) groups is 4. The molecule has 0 aliphatic rings. The van der Waals surface area contributed by atoms with E-state index < -0.39 is 61.2 Å². The maximum absolute atomic E-state index is 12.0. The Morgan fingerprint density at radius 2 is 1.62 bits per heavy atom. The molecular formula is C21H29N4O7. The number of amides is 4. The molecule has 4 amide bonds. The maximum atomic E-state index is 12.0. The second kappa shape index (κ2) is 13.1. The lowest BCUT2D eigenvalue weighted by atomic mass is 10.1. The normalized spacial score (nSPS) is 12.6. The van der Waals surface area contributed by atoms with E-state index in [4.69, 9.17) is 4.74 Å². The van der Waals surface area contributed by atoms with Crippen molar-refractivity contribution >= 4 is 30.1 Å². The molecule has 0 aliphatic heterocycles. The Kier molecular flexibility index (Phi) is 10.8. The number of carbonyl (C=O) groups excluding carboxylic acids is 5. The molecule has 1 aromatic carbocycles. The van der Waals surface area contributed by atoms with Gasteiger partial charge in [-0.05, 0) is 26.3 Å². The van der Waals surface area contributed by atoms with Crippen molar-refractivity contribution in [3.63, 3.8) is 0 Å². The zero-order chi connectivity index (χ0) is 24.1. The first-order chi connectivity index (χ1) is 15.0. The lowest BCUT2D eigenvalue weighted by Crippen LogP contribution is -2.52. The van der Waals surface area contributed by atoms with Gasteiger partial charge in [0.1, 0.15) is 11.6 Å². The lowest BCUT2D eigenvalue weighted by Gasteiger charge is -2.22. The molecular weight excluding hydrogens is 420 g/mol. The summed E-state index contributed by atoms with van der Waals surface area (Å²) in [7, 11) is 0. The molecule has 1 rings (SSSR count). The van der Waals surface area contributed by atoms with Crippen LogP contribution >= 0.6 is 0 Å². The van der Waals surface area contributed by atoms with E-state index in [9.17, 15) is 29.1 Å². The first-order valence-electron chi connectivity index (χ1n) is 9.89. The zero-order valence-corrected chi connectivity index (χ0v) is 18.3. The molecule has 2 atom stereocenters. The summed E-state index contributed by atoms with van der Waals surface area (Å²) in [6, 6.07) is 6.85. The molecule has 0 aliphatic carbocycles. The van der Waals surface area contributed by atoms with Crippen LogP contribution in [0.15, 0.2) is 30.3 Å². The fourth-order valence-electron chi connectivity index (χ4n) is 2.39. The fourth-order valence-corrected chi connectivity index (χ4v) is 2.39. The second-order valence-electron chi connectivity index (χ2n) is 7.80. The maximum Gasteiger partial charge on any atom is 0.408 e. The molecule has 0 spiro atoms. The summed E-state index contributed by atoms with van der Waals surface area (Å²) in [6.07, 6.45) is 1.10. The van der Waals surface area contributed by atoms with Gasteiger partial charge in [-0.3, -0.25) is 19.2 Å². The van der Waals surface area contributed by atoms with Crippen molar-refractivity contribution in [1.82, 2.24) is 21.3 Å². The Hall–Kier alpha value is -3.47. The van der Waals surface area contributed by atoms with E-state index in [-0.39, 0.29) is 6.42 Å². The van der Waals surface area contributed by atoms with Crippen LogP contribution in [0.25, 0.3) is 0 Å². The van der Waals surface area contributed by atoms with Gasteiger partial charge >= 0.3 is 6.09 Å². The number of ether oxygens (including phenoxy) is 1. The van der Waals surface area contributed by atoms with E-state index in [1.807, 2.05) is 6.07 Å². The highest BCUT2D eigenvalue weighted by Gasteiger charge is 2.24. The minimum Gasteiger partial charge on any atom is -0.444 e. The van der Waals surface area contributed by atoms with Gasteiger partial charge < -0.3 is 31.1 Å². The summed E-state index contributed by atoms with van der Waals surface area (Å²) in [6.45, 7) is 3.29. The van der Waals surface area contributed by atoms with Crippen LogP contribution in [0.3, 0.4) is 0 Å². The Balaban J connectivity index is 2.38. The van der Waals surface area contributed by atoms with Crippen molar-refractivity contribution in [2.45, 2.75) is 44.9 Å². The first kappa shape index (κ1) is 26.6. The van der Waals surface area contributed by atoms with Crippen molar-refractivity contribution in [2.24, 2.45) is 0 Å². The Labute approximate surface area is 186 Å². The molecule has 1 aromatic rings. The molecule has 11 nitrogen and oxygen atoms in total. The number of benzene rings is 1. The van der Waals surface area contributed by atoms with E-state index in [1.165, 1.54) is 0 Å². The third-order valence-electron chi connectivity index (χ3n) is 3.82. The molecule has 5 N–H and O–H groups in total. The molecule has 0 aromatic heterocycles. The molecule has 0 bridgehead atoms. The van der Waals surface area contributed by atoms with E-state index in [2.05, 4.69) is 21.3 Å². The second-order valence-corrected chi connectivity index (χ2v) is 7.80. The van der Waals surface area contributed by atoms with Gasteiger partial charge in [0.05, 0.1) is 25.7 Å². The molecule has 0 saturated heterocycles. The molecule has 11 heteroatoms. The van der Waals surface area contributed by atoms with Gasteiger partial charge in [-0.2, -0.15) is 0 Å². The van der Waals surface area contributed by atoms with Gasteiger partial charge in [-0.15, -0.1) is 0 Å². The average molecular weight is 449 g/mol. The molecule has 0 saturated carbocycles. The Morgan fingerprint density at radius 3 is 2.19 bits per heavy atom. The van der Waals surface area contributed by atoms with E-state index in [1.54, 1.807) is 51.3 Å². The Bertz CT molecular complexity index is 793. The van der Waals surface area contributed by atoms with Crippen LogP contribution in [0.2, 0.25) is 0 Å². The third kappa shape index (κ3) is 11.1. The van der Waals surface area contributed by atoms with Crippen molar-refractivity contribution in [3.8, 4) is 0 Å². The van der Waals surface area contributed by atoms with Gasteiger partial charge in [0.25, 0.3) is 0 Å². The molecule has 175 valence electrons. The van der Waals surface area contributed by atoms with Crippen LogP contribution in [0.4, 0.5) is 4.79 Å². The smallest absolute Gasteiger partial charge is 0.408 e. The monoisotopic (exact) mass is 449 g/mol. The van der Waals surface area contributed by atoms with Gasteiger partial charge in [0.2, 0.25) is 24.0 Å². The predicted molar refractivity (Wildman–Crippen MR) is 114 cm³/mol. The van der Waals surface area contributed by atoms with Crippen molar-refractivity contribution in [2.75, 3.05) is 19.7 Å². The number of aliphatic hydroxyl groups is 1. The van der Waals surface area contributed by atoms with E-state index in [0.29, 0.717) is 0 Å². The van der Waals surface area contributed by atoms with Crippen LogP contribution in [0.5, 0.6) is 0 Å². The highest BCUT2D eigenvalue weighted by molar-refractivity contribution is 5.91. The summed E-state index contributed by atoms with van der Waals surface area (Å²) in [5.74, 6) is -2.10. The van der Waals surface area contributed by atoms with E-state index in [0.717, 1.165) is 5.56 Å². The largest absolute Gasteiger partial charge is 0.444 e. The number of hydrogen-bond donors (Lipinski definition) is 5. The Morgan fingerprint density at radius 1 is 1.00 bits per heavy atom. The van der Waals surface area contributed by atoms with Crippen molar-refractivity contribution in [1.29, 1.82) is 0 Å². The average Bonchev–Trinajstić information content (AvgIpc) is 2.73. The van der Waals surface area contributed by atoms with Crippen LogP contribution < -0.4 is 21.3 Å². The molecule has 32 heavy (non-hydrogen) atoms. The molecule has 0 unspecified atom stereocenters. The minimum atomic E-state index is -1.32. The molecule has 0 heterocycles.